The molecule has 23 heavy (non-hydrogen) atoms. The molecule has 11 heteroatoms. The molecule has 0 aromatic rings. The molecule has 9 atom stereocenters. The number of hydrogen-bond donors (Lipinski definition) is 8. The Balaban J connectivity index is 1.88. The summed E-state index contributed by atoms with van der Waals surface area (Å²) in [7, 11) is 0. The molecule has 0 aliphatic carbocycles. The SMILES string of the molecule is OC[C@]1(O)O[C@H](COC(O)[C@H]2OC[C@@H](O)[C@@H](O)[C@H]2O)[C@@H](O)[C@H]1O. The zero-order chi connectivity index (χ0) is 17.4. The zero-order valence-electron chi connectivity index (χ0n) is 12.0. The van der Waals surface area contributed by atoms with Gasteiger partial charge in [-0.3, -0.25) is 0 Å². The summed E-state index contributed by atoms with van der Waals surface area (Å²) in [4.78, 5) is 0. The maximum Gasteiger partial charge on any atom is 0.219 e. The van der Waals surface area contributed by atoms with Gasteiger partial charge in [0.1, 0.15) is 42.7 Å². The lowest BCUT2D eigenvalue weighted by molar-refractivity contribution is -0.276. The van der Waals surface area contributed by atoms with E-state index in [0.717, 1.165) is 0 Å². The van der Waals surface area contributed by atoms with Crippen molar-refractivity contribution in [1.29, 1.82) is 0 Å². The largest absolute Gasteiger partial charge is 0.391 e. The van der Waals surface area contributed by atoms with Gasteiger partial charge in [-0.05, 0) is 0 Å². The van der Waals surface area contributed by atoms with E-state index in [1.165, 1.54) is 0 Å². The number of rotatable bonds is 5. The number of aliphatic hydroxyl groups is 8. The van der Waals surface area contributed by atoms with Crippen molar-refractivity contribution >= 4 is 0 Å². The molecule has 8 N–H and O–H groups in total. The number of aliphatic hydroxyl groups excluding tert-OH is 7. The van der Waals surface area contributed by atoms with Gasteiger partial charge in [0.05, 0.1) is 19.8 Å². The molecule has 2 aliphatic heterocycles. The minimum atomic E-state index is -2.35. The van der Waals surface area contributed by atoms with Crippen molar-refractivity contribution in [2.45, 2.75) is 54.8 Å². The van der Waals surface area contributed by atoms with Gasteiger partial charge >= 0.3 is 0 Å². The van der Waals surface area contributed by atoms with Gasteiger partial charge < -0.3 is 55.1 Å². The fraction of sp³-hybridized carbons (Fsp3) is 1.00. The molecule has 136 valence electrons. The summed E-state index contributed by atoms with van der Waals surface area (Å²) in [5.74, 6) is -2.35. The van der Waals surface area contributed by atoms with Crippen LogP contribution in [-0.2, 0) is 14.2 Å². The monoisotopic (exact) mass is 342 g/mol. The molecule has 2 fully saturated rings. The maximum absolute atomic E-state index is 9.84. The van der Waals surface area contributed by atoms with Crippen molar-refractivity contribution in [2.75, 3.05) is 19.8 Å². The van der Waals surface area contributed by atoms with Gasteiger partial charge in [0, 0.05) is 0 Å². The molecule has 0 saturated carbocycles. The quantitative estimate of drug-likeness (QED) is 0.223. The van der Waals surface area contributed by atoms with E-state index in [9.17, 15) is 35.7 Å². The average Bonchev–Trinajstić information content (AvgIpc) is 2.75. The highest BCUT2D eigenvalue weighted by Gasteiger charge is 2.53. The van der Waals surface area contributed by atoms with Crippen LogP contribution < -0.4 is 0 Å². The summed E-state index contributed by atoms with van der Waals surface area (Å²) >= 11 is 0. The van der Waals surface area contributed by atoms with E-state index in [-0.39, 0.29) is 6.61 Å². The van der Waals surface area contributed by atoms with Crippen LogP contribution in [0.4, 0.5) is 0 Å². The molecule has 2 aliphatic rings. The Morgan fingerprint density at radius 2 is 1.74 bits per heavy atom. The lowest BCUT2D eigenvalue weighted by Crippen LogP contribution is -2.57. The Morgan fingerprint density at radius 3 is 2.30 bits per heavy atom. The van der Waals surface area contributed by atoms with Crippen LogP contribution in [0.25, 0.3) is 0 Å². The van der Waals surface area contributed by atoms with Gasteiger partial charge in [-0.25, -0.2) is 0 Å². The molecule has 0 aromatic heterocycles. The molecule has 2 heterocycles. The third-order valence-electron chi connectivity index (χ3n) is 4.00. The van der Waals surface area contributed by atoms with Crippen molar-refractivity contribution < 1.29 is 55.1 Å². The molecule has 0 radical (unpaired) electrons. The molecule has 0 aromatic carbocycles. The van der Waals surface area contributed by atoms with E-state index in [4.69, 9.17) is 19.3 Å². The highest BCUT2D eigenvalue weighted by molar-refractivity contribution is 4.95. The summed E-state index contributed by atoms with van der Waals surface area (Å²) in [6.45, 7) is -1.79. The van der Waals surface area contributed by atoms with Crippen LogP contribution in [0, 0.1) is 0 Å². The van der Waals surface area contributed by atoms with Crippen LogP contribution in [-0.4, -0.2) is 115 Å². The predicted octanol–water partition coefficient (Wildman–Crippen LogP) is -5.40. The first-order valence-corrected chi connectivity index (χ1v) is 7.04. The molecule has 0 spiro atoms. The Hall–Kier alpha value is -0.440. The lowest BCUT2D eigenvalue weighted by atomic mass is 10.00. The van der Waals surface area contributed by atoms with Crippen molar-refractivity contribution in [3.63, 3.8) is 0 Å². The van der Waals surface area contributed by atoms with Crippen LogP contribution >= 0.6 is 0 Å². The lowest BCUT2D eigenvalue weighted by Gasteiger charge is -2.37. The first kappa shape index (κ1) is 18.9. The van der Waals surface area contributed by atoms with Gasteiger partial charge in [-0.1, -0.05) is 0 Å². The Bertz CT molecular complexity index is 395. The predicted molar refractivity (Wildman–Crippen MR) is 68.6 cm³/mol. The van der Waals surface area contributed by atoms with Crippen molar-refractivity contribution in [2.24, 2.45) is 0 Å². The Kier molecular flexibility index (Phi) is 5.92. The highest BCUT2D eigenvalue weighted by Crippen LogP contribution is 2.29. The molecule has 0 amide bonds. The number of hydrogen-bond acceptors (Lipinski definition) is 11. The van der Waals surface area contributed by atoms with Crippen LogP contribution in [0.2, 0.25) is 0 Å². The molecule has 0 bridgehead atoms. The van der Waals surface area contributed by atoms with E-state index < -0.39 is 68.0 Å². The van der Waals surface area contributed by atoms with E-state index in [0.29, 0.717) is 0 Å². The van der Waals surface area contributed by atoms with E-state index in [1.807, 2.05) is 0 Å². The van der Waals surface area contributed by atoms with Gasteiger partial charge in [0.15, 0.2) is 6.29 Å². The Morgan fingerprint density at radius 1 is 1.09 bits per heavy atom. The smallest absolute Gasteiger partial charge is 0.219 e. The third-order valence-corrected chi connectivity index (χ3v) is 4.00. The fourth-order valence-corrected chi connectivity index (χ4v) is 2.50. The van der Waals surface area contributed by atoms with Gasteiger partial charge in [0.2, 0.25) is 5.79 Å². The van der Waals surface area contributed by atoms with E-state index in [2.05, 4.69) is 0 Å². The van der Waals surface area contributed by atoms with Crippen LogP contribution in [0.15, 0.2) is 0 Å². The van der Waals surface area contributed by atoms with Crippen LogP contribution in [0.5, 0.6) is 0 Å². The van der Waals surface area contributed by atoms with Gasteiger partial charge in [0.25, 0.3) is 0 Å². The third kappa shape index (κ3) is 3.65. The molecule has 2 rings (SSSR count). The fourth-order valence-electron chi connectivity index (χ4n) is 2.50. The first-order valence-electron chi connectivity index (χ1n) is 7.04. The van der Waals surface area contributed by atoms with Crippen LogP contribution in [0.3, 0.4) is 0 Å². The normalized spacial score (nSPS) is 49.3. The van der Waals surface area contributed by atoms with Crippen molar-refractivity contribution in [3.05, 3.63) is 0 Å². The van der Waals surface area contributed by atoms with E-state index in [1.54, 1.807) is 0 Å². The minimum Gasteiger partial charge on any atom is -0.391 e. The second kappa shape index (κ2) is 7.21. The summed E-state index contributed by atoms with van der Waals surface area (Å²) in [5, 5.41) is 76.3. The molecule has 2 saturated heterocycles. The Labute approximate surface area is 130 Å². The standard InChI is InChI=1S/C12H22O11/c13-3-12(20)10(18)7(16)5(23-12)2-22-11(19)9-8(17)6(15)4(14)1-21-9/h4-11,13-20H,1-3H2/t4-,5-,6-,7-,8-,9+,10-,11?,12+/m1/s1. The van der Waals surface area contributed by atoms with Crippen LogP contribution in [0.1, 0.15) is 0 Å². The van der Waals surface area contributed by atoms with E-state index >= 15 is 0 Å². The van der Waals surface area contributed by atoms with Crippen molar-refractivity contribution in [3.8, 4) is 0 Å². The topological polar surface area (TPSA) is 190 Å². The summed E-state index contributed by atoms with van der Waals surface area (Å²) in [5.41, 5.74) is 0. The van der Waals surface area contributed by atoms with Gasteiger partial charge in [-0.15, -0.1) is 0 Å². The second-order valence-corrected chi connectivity index (χ2v) is 5.67. The zero-order valence-corrected chi connectivity index (χ0v) is 12.0. The molecular formula is C12H22O11. The molecular weight excluding hydrogens is 320 g/mol. The number of ether oxygens (including phenoxy) is 3. The average molecular weight is 342 g/mol. The second-order valence-electron chi connectivity index (χ2n) is 5.67. The highest BCUT2D eigenvalue weighted by atomic mass is 16.7. The molecule has 1 unspecified atom stereocenters. The van der Waals surface area contributed by atoms with Gasteiger partial charge in [-0.2, -0.15) is 0 Å². The summed E-state index contributed by atoms with van der Waals surface area (Å²) in [6.07, 6.45) is -12.1. The first-order chi connectivity index (χ1) is 10.7. The molecule has 11 nitrogen and oxygen atoms in total. The van der Waals surface area contributed by atoms with Crippen molar-refractivity contribution in [1.82, 2.24) is 0 Å². The summed E-state index contributed by atoms with van der Waals surface area (Å²) < 4.78 is 14.8. The maximum atomic E-state index is 9.84. The minimum absolute atomic E-state index is 0.325. The summed E-state index contributed by atoms with van der Waals surface area (Å²) in [6, 6.07) is 0.